The minimum Gasteiger partial charge on any atom is -0.343 e. The van der Waals surface area contributed by atoms with Crippen molar-refractivity contribution < 1.29 is 36.1 Å². The van der Waals surface area contributed by atoms with Gasteiger partial charge in [-0.3, -0.25) is 9.59 Å². The maximum atomic E-state index is 13.2. The summed E-state index contributed by atoms with van der Waals surface area (Å²) in [6.07, 6.45) is -2.94. The van der Waals surface area contributed by atoms with E-state index < -0.39 is 18.0 Å². The molecule has 2 heterocycles. The Morgan fingerprint density at radius 1 is 0.953 bits per heavy atom. The molecule has 0 radical (unpaired) electrons. The van der Waals surface area contributed by atoms with E-state index in [9.17, 15) is 31.5 Å². The Bertz CT molecular complexity index is 1510. The van der Waals surface area contributed by atoms with Crippen molar-refractivity contribution >= 4 is 12.3 Å². The van der Waals surface area contributed by atoms with Crippen molar-refractivity contribution in [3.05, 3.63) is 107 Å². The first-order valence-corrected chi connectivity index (χ1v) is 13.4. The molecule has 2 amide bonds. The van der Waals surface area contributed by atoms with Crippen LogP contribution in [0.5, 0.6) is 0 Å². The second kappa shape index (κ2) is 13.1. The van der Waals surface area contributed by atoms with Crippen molar-refractivity contribution in [3.8, 4) is 11.5 Å². The third-order valence-corrected chi connectivity index (χ3v) is 7.37. The summed E-state index contributed by atoms with van der Waals surface area (Å²) >= 11 is 0. The Kier molecular flexibility index (Phi) is 9.57. The summed E-state index contributed by atoms with van der Waals surface area (Å²) in [5.74, 6) is 0.191. The number of alkyl halides is 3. The lowest BCUT2D eigenvalue weighted by Gasteiger charge is -2.40. The Morgan fingerprint density at radius 2 is 1.51 bits per heavy atom. The topological polar surface area (TPSA) is 88.3 Å². The van der Waals surface area contributed by atoms with E-state index in [0.717, 1.165) is 48.2 Å². The Labute approximate surface area is 244 Å². The molecule has 4 aromatic rings. The molecular formula is C31H29F5N4O3. The van der Waals surface area contributed by atoms with Crippen LogP contribution in [-0.4, -0.2) is 46.6 Å². The van der Waals surface area contributed by atoms with Crippen LogP contribution in [0, 0.1) is 18.6 Å². The SMILES string of the molecule is Cc1noc(-c2ccc(C(=O)N3CCC(C)(c4ccc(F)cc4)CC3)cc2)n1.O=CNC(c1ccc(F)cc1)C(F)(F)F. The van der Waals surface area contributed by atoms with Gasteiger partial charge in [-0.25, -0.2) is 8.78 Å². The first-order chi connectivity index (χ1) is 20.4. The molecule has 1 N–H and O–H groups in total. The van der Waals surface area contributed by atoms with E-state index in [1.165, 1.54) is 12.1 Å². The quantitative estimate of drug-likeness (QED) is 0.200. The number of nitrogens with one attached hydrogen (secondary N) is 1. The summed E-state index contributed by atoms with van der Waals surface area (Å²) < 4.78 is 68.0. The zero-order chi connectivity index (χ0) is 31.2. The lowest BCUT2D eigenvalue weighted by atomic mass is 9.74. The molecule has 0 spiro atoms. The third-order valence-electron chi connectivity index (χ3n) is 7.37. The second-order valence-corrected chi connectivity index (χ2v) is 10.4. The van der Waals surface area contributed by atoms with Crippen LogP contribution in [0.1, 0.15) is 53.1 Å². The van der Waals surface area contributed by atoms with Gasteiger partial charge in [0.2, 0.25) is 6.41 Å². The van der Waals surface area contributed by atoms with Crippen LogP contribution in [0.2, 0.25) is 0 Å². The molecule has 1 aliphatic heterocycles. The molecule has 5 rings (SSSR count). The zero-order valence-corrected chi connectivity index (χ0v) is 23.4. The van der Waals surface area contributed by atoms with Gasteiger partial charge in [-0.1, -0.05) is 36.3 Å². The van der Waals surface area contributed by atoms with Gasteiger partial charge in [-0.15, -0.1) is 0 Å². The maximum absolute atomic E-state index is 13.2. The monoisotopic (exact) mass is 600 g/mol. The fourth-order valence-corrected chi connectivity index (χ4v) is 4.80. The van der Waals surface area contributed by atoms with E-state index in [-0.39, 0.29) is 29.1 Å². The van der Waals surface area contributed by atoms with Gasteiger partial charge in [0, 0.05) is 24.2 Å². The minimum atomic E-state index is -4.60. The fourth-order valence-electron chi connectivity index (χ4n) is 4.80. The highest BCUT2D eigenvalue weighted by Crippen LogP contribution is 2.36. The van der Waals surface area contributed by atoms with E-state index in [0.29, 0.717) is 30.4 Å². The summed E-state index contributed by atoms with van der Waals surface area (Å²) in [5.41, 5.74) is 2.31. The third kappa shape index (κ3) is 7.82. The molecule has 12 heteroatoms. The molecule has 1 atom stereocenters. The second-order valence-electron chi connectivity index (χ2n) is 10.4. The van der Waals surface area contributed by atoms with E-state index in [4.69, 9.17) is 4.52 Å². The van der Waals surface area contributed by atoms with Crippen LogP contribution in [0.25, 0.3) is 11.5 Å². The molecule has 1 saturated heterocycles. The molecule has 7 nitrogen and oxygen atoms in total. The summed E-state index contributed by atoms with van der Waals surface area (Å²) in [6.45, 7) is 5.30. The van der Waals surface area contributed by atoms with Crippen LogP contribution >= 0.6 is 0 Å². The van der Waals surface area contributed by atoms with Gasteiger partial charge in [-0.05, 0) is 84.8 Å². The van der Waals surface area contributed by atoms with Crippen molar-refractivity contribution in [2.45, 2.75) is 44.3 Å². The van der Waals surface area contributed by atoms with Crippen molar-refractivity contribution in [1.82, 2.24) is 20.4 Å². The number of nitrogens with zero attached hydrogens (tertiary/aromatic N) is 3. The summed E-state index contributed by atoms with van der Waals surface area (Å²) in [6, 6.07) is 15.6. The summed E-state index contributed by atoms with van der Waals surface area (Å²) in [4.78, 5) is 29.0. The number of likely N-dealkylation sites (tertiary alicyclic amines) is 1. The van der Waals surface area contributed by atoms with Crippen molar-refractivity contribution in [3.63, 3.8) is 0 Å². The van der Waals surface area contributed by atoms with Crippen LogP contribution in [0.15, 0.2) is 77.3 Å². The predicted octanol–water partition coefficient (Wildman–Crippen LogP) is 6.55. The van der Waals surface area contributed by atoms with Gasteiger partial charge in [-0.2, -0.15) is 18.2 Å². The number of rotatable bonds is 6. The molecule has 1 aliphatic rings. The van der Waals surface area contributed by atoms with Crippen molar-refractivity contribution in [2.75, 3.05) is 13.1 Å². The lowest BCUT2D eigenvalue weighted by molar-refractivity contribution is -0.160. The molecule has 3 aromatic carbocycles. The highest BCUT2D eigenvalue weighted by Gasteiger charge is 2.40. The van der Waals surface area contributed by atoms with Crippen LogP contribution < -0.4 is 5.32 Å². The molecule has 0 aliphatic carbocycles. The Morgan fingerprint density at radius 3 is 2.00 bits per heavy atom. The highest BCUT2D eigenvalue weighted by molar-refractivity contribution is 5.94. The smallest absolute Gasteiger partial charge is 0.343 e. The normalized spacial score (nSPS) is 15.2. The summed E-state index contributed by atoms with van der Waals surface area (Å²) in [7, 11) is 0. The average Bonchev–Trinajstić information content (AvgIpc) is 3.43. The highest BCUT2D eigenvalue weighted by atomic mass is 19.4. The number of carbonyl (C=O) groups is 2. The first kappa shape index (κ1) is 31.3. The number of aryl methyl sites for hydroxylation is 1. The van der Waals surface area contributed by atoms with Gasteiger partial charge in [0.1, 0.15) is 11.6 Å². The van der Waals surface area contributed by atoms with Crippen molar-refractivity contribution in [1.29, 1.82) is 0 Å². The standard InChI is InChI=1S/C22H22FN3O2.C9H7F4NO/c1-15-24-20(28-25-15)16-3-5-17(6-4-16)21(27)26-13-11-22(2,12-14-26)18-7-9-19(23)10-8-18;10-7-3-1-6(2-4-7)8(14-5-15)9(11,12)13/h3-10H,11-14H2,1-2H3;1-5,8H,(H,14,15). The van der Waals surface area contributed by atoms with Gasteiger partial charge >= 0.3 is 6.18 Å². The van der Waals surface area contributed by atoms with Gasteiger partial charge in [0.25, 0.3) is 11.8 Å². The number of carbonyl (C=O) groups excluding carboxylic acids is 2. The molecule has 1 aromatic heterocycles. The van der Waals surface area contributed by atoms with Gasteiger partial charge in [0.15, 0.2) is 11.9 Å². The number of benzene rings is 3. The van der Waals surface area contributed by atoms with Crippen LogP contribution in [0.3, 0.4) is 0 Å². The van der Waals surface area contributed by atoms with E-state index in [1.54, 1.807) is 24.4 Å². The van der Waals surface area contributed by atoms with Crippen LogP contribution in [0.4, 0.5) is 22.0 Å². The zero-order valence-electron chi connectivity index (χ0n) is 23.4. The van der Waals surface area contributed by atoms with E-state index >= 15 is 0 Å². The molecular weight excluding hydrogens is 571 g/mol. The number of piperidine rings is 1. The molecule has 43 heavy (non-hydrogen) atoms. The molecule has 226 valence electrons. The molecule has 0 saturated carbocycles. The molecule has 1 fully saturated rings. The minimum absolute atomic E-state index is 0.0226. The van der Waals surface area contributed by atoms with E-state index in [1.807, 2.05) is 29.2 Å². The lowest BCUT2D eigenvalue weighted by Crippen LogP contribution is -2.43. The van der Waals surface area contributed by atoms with Gasteiger partial charge < -0.3 is 14.7 Å². The Hall–Kier alpha value is -4.61. The number of amides is 2. The number of hydrogen-bond donors (Lipinski definition) is 1. The number of aromatic nitrogens is 2. The number of hydrogen-bond acceptors (Lipinski definition) is 5. The Balaban J connectivity index is 0.000000239. The van der Waals surface area contributed by atoms with Crippen LogP contribution in [-0.2, 0) is 10.2 Å². The number of halogens is 5. The molecule has 0 bridgehead atoms. The predicted molar refractivity (Wildman–Crippen MR) is 148 cm³/mol. The summed E-state index contributed by atoms with van der Waals surface area (Å²) in [5, 5.41) is 5.42. The fraction of sp³-hybridized carbons (Fsp3) is 0.290. The molecule has 1 unspecified atom stereocenters. The van der Waals surface area contributed by atoms with Crippen molar-refractivity contribution in [2.24, 2.45) is 0 Å². The van der Waals surface area contributed by atoms with Gasteiger partial charge in [0.05, 0.1) is 0 Å². The maximum Gasteiger partial charge on any atom is 0.412 e. The first-order valence-electron chi connectivity index (χ1n) is 13.4. The largest absolute Gasteiger partial charge is 0.412 e. The van der Waals surface area contributed by atoms with E-state index in [2.05, 4.69) is 17.1 Å². The average molecular weight is 601 g/mol.